The molecule has 1 atom stereocenters. The van der Waals surface area contributed by atoms with E-state index in [2.05, 4.69) is 0 Å². The van der Waals surface area contributed by atoms with Gasteiger partial charge in [0, 0.05) is 5.92 Å². The smallest absolute Gasteiger partial charge is 0.156 e. The Bertz CT molecular complexity index is 389. The normalized spacial score (nSPS) is 12.2. The summed E-state index contributed by atoms with van der Waals surface area (Å²) in [4.78, 5) is 11.6. The highest BCUT2D eigenvalue weighted by Gasteiger charge is 2.22. The molecule has 0 bridgehead atoms. The first kappa shape index (κ1) is 11.4. The molecule has 0 unspecified atom stereocenters. The highest BCUT2D eigenvalue weighted by molar-refractivity contribution is 5.89. The molecule has 0 aliphatic carbocycles. The monoisotopic (exact) mass is 205 g/mol. The number of Topliss-reactive ketones (excluding diaryl/α,β-unsaturated/α-hetero) is 1. The Labute approximate surface area is 88.3 Å². The second kappa shape index (κ2) is 4.70. The van der Waals surface area contributed by atoms with Crippen LogP contribution in [0.5, 0.6) is 0 Å². The molecule has 0 aliphatic heterocycles. The lowest BCUT2D eigenvalue weighted by Gasteiger charge is -2.10. The van der Waals surface area contributed by atoms with Crippen LogP contribution in [0.1, 0.15) is 25.3 Å². The SMILES string of the molecule is CC(C)C(=O)[C@H](C#N)c1ccc(F)cc1. The maximum absolute atomic E-state index is 12.6. The third-order valence-corrected chi connectivity index (χ3v) is 2.19. The minimum absolute atomic E-state index is 0.135. The van der Waals surface area contributed by atoms with Crippen molar-refractivity contribution in [2.24, 2.45) is 5.92 Å². The summed E-state index contributed by atoms with van der Waals surface area (Å²) in [7, 11) is 0. The third kappa shape index (κ3) is 2.63. The lowest BCUT2D eigenvalue weighted by Crippen LogP contribution is -2.16. The van der Waals surface area contributed by atoms with Crippen molar-refractivity contribution in [3.8, 4) is 6.07 Å². The predicted molar refractivity (Wildman–Crippen MR) is 54.6 cm³/mol. The van der Waals surface area contributed by atoms with E-state index < -0.39 is 5.92 Å². The Kier molecular flexibility index (Phi) is 3.56. The van der Waals surface area contributed by atoms with Crippen molar-refractivity contribution in [2.75, 3.05) is 0 Å². The second-order valence-electron chi connectivity index (χ2n) is 3.67. The number of rotatable bonds is 3. The van der Waals surface area contributed by atoms with E-state index in [1.165, 1.54) is 24.3 Å². The number of hydrogen-bond acceptors (Lipinski definition) is 2. The van der Waals surface area contributed by atoms with Crippen LogP contribution in [-0.4, -0.2) is 5.78 Å². The van der Waals surface area contributed by atoms with E-state index in [9.17, 15) is 9.18 Å². The Hall–Kier alpha value is -1.69. The summed E-state index contributed by atoms with van der Waals surface area (Å²) < 4.78 is 12.6. The van der Waals surface area contributed by atoms with Crippen LogP contribution in [0.2, 0.25) is 0 Å². The van der Waals surface area contributed by atoms with Gasteiger partial charge in [-0.1, -0.05) is 26.0 Å². The molecule has 1 rings (SSSR count). The summed E-state index contributed by atoms with van der Waals surface area (Å²) >= 11 is 0. The van der Waals surface area contributed by atoms with Crippen LogP contribution >= 0.6 is 0 Å². The summed E-state index contributed by atoms with van der Waals surface area (Å²) in [6, 6.07) is 7.41. The number of nitrogens with zero attached hydrogens (tertiary/aromatic N) is 1. The molecule has 0 fully saturated rings. The Morgan fingerprint density at radius 2 is 1.87 bits per heavy atom. The third-order valence-electron chi connectivity index (χ3n) is 2.19. The number of carbonyl (C=O) groups is 1. The maximum atomic E-state index is 12.6. The van der Waals surface area contributed by atoms with Crippen molar-refractivity contribution < 1.29 is 9.18 Å². The number of hydrogen-bond donors (Lipinski definition) is 0. The van der Waals surface area contributed by atoms with Crippen molar-refractivity contribution in [2.45, 2.75) is 19.8 Å². The molecule has 0 radical (unpaired) electrons. The molecule has 0 N–H and O–H groups in total. The lowest BCUT2D eigenvalue weighted by atomic mass is 9.90. The van der Waals surface area contributed by atoms with Gasteiger partial charge in [-0.15, -0.1) is 0 Å². The zero-order valence-electron chi connectivity index (χ0n) is 8.70. The van der Waals surface area contributed by atoms with Crippen molar-refractivity contribution in [3.05, 3.63) is 35.6 Å². The highest BCUT2D eigenvalue weighted by atomic mass is 19.1. The second-order valence-corrected chi connectivity index (χ2v) is 3.67. The predicted octanol–water partition coefficient (Wildman–Crippen LogP) is 2.66. The molecule has 15 heavy (non-hydrogen) atoms. The van der Waals surface area contributed by atoms with Crippen LogP contribution < -0.4 is 0 Å². The van der Waals surface area contributed by atoms with E-state index in [0.29, 0.717) is 5.56 Å². The first-order valence-corrected chi connectivity index (χ1v) is 4.75. The molecule has 3 heteroatoms. The molecule has 0 aliphatic rings. The number of carbonyl (C=O) groups excluding carboxylic acids is 1. The fourth-order valence-corrected chi connectivity index (χ4v) is 1.29. The molecule has 78 valence electrons. The number of benzene rings is 1. The standard InChI is InChI=1S/C12H12FNO/c1-8(2)12(15)11(7-14)9-3-5-10(13)6-4-9/h3-6,8,11H,1-2H3/t11-/m1/s1. The lowest BCUT2D eigenvalue weighted by molar-refractivity contribution is -0.122. The van der Waals surface area contributed by atoms with Gasteiger partial charge in [-0.3, -0.25) is 4.79 Å². The molecule has 0 amide bonds. The van der Waals surface area contributed by atoms with Crippen molar-refractivity contribution >= 4 is 5.78 Å². The molecule has 1 aromatic carbocycles. The summed E-state index contributed by atoms with van der Waals surface area (Å²) in [6.45, 7) is 3.49. The van der Waals surface area contributed by atoms with Crippen molar-refractivity contribution in [1.29, 1.82) is 5.26 Å². The van der Waals surface area contributed by atoms with E-state index in [1.54, 1.807) is 13.8 Å². The summed E-state index contributed by atoms with van der Waals surface area (Å²) in [5, 5.41) is 8.90. The number of ketones is 1. The molecule has 0 spiro atoms. The van der Waals surface area contributed by atoms with Crippen molar-refractivity contribution in [3.63, 3.8) is 0 Å². The van der Waals surface area contributed by atoms with Gasteiger partial charge < -0.3 is 0 Å². The Morgan fingerprint density at radius 3 is 2.27 bits per heavy atom. The average molecular weight is 205 g/mol. The minimum Gasteiger partial charge on any atom is -0.298 e. The fourth-order valence-electron chi connectivity index (χ4n) is 1.29. The summed E-state index contributed by atoms with van der Waals surface area (Å²) in [5.41, 5.74) is 0.553. The largest absolute Gasteiger partial charge is 0.298 e. The maximum Gasteiger partial charge on any atom is 0.156 e. The quantitative estimate of drug-likeness (QED) is 0.761. The molecule has 1 aromatic rings. The van der Waals surface area contributed by atoms with Gasteiger partial charge in [0.1, 0.15) is 11.7 Å². The van der Waals surface area contributed by atoms with E-state index >= 15 is 0 Å². The highest BCUT2D eigenvalue weighted by Crippen LogP contribution is 2.19. The molecule has 0 heterocycles. The Balaban J connectivity index is 2.99. The zero-order valence-corrected chi connectivity index (χ0v) is 8.70. The van der Waals surface area contributed by atoms with Crippen molar-refractivity contribution in [1.82, 2.24) is 0 Å². The summed E-state index contributed by atoms with van der Waals surface area (Å²) in [5.74, 6) is -1.48. The van der Waals surface area contributed by atoms with Gasteiger partial charge in [0.25, 0.3) is 0 Å². The van der Waals surface area contributed by atoms with Gasteiger partial charge in [-0.25, -0.2) is 4.39 Å². The van der Waals surface area contributed by atoms with Gasteiger partial charge in [0.15, 0.2) is 5.78 Å². The molecule has 0 saturated heterocycles. The van der Waals surface area contributed by atoms with E-state index in [1.807, 2.05) is 6.07 Å². The van der Waals surface area contributed by atoms with Gasteiger partial charge in [-0.05, 0) is 17.7 Å². The van der Waals surface area contributed by atoms with Gasteiger partial charge in [0.05, 0.1) is 6.07 Å². The Morgan fingerprint density at radius 1 is 1.33 bits per heavy atom. The van der Waals surface area contributed by atoms with E-state index in [4.69, 9.17) is 5.26 Å². The van der Waals surface area contributed by atoms with Crippen LogP contribution in [0.25, 0.3) is 0 Å². The first-order chi connectivity index (χ1) is 7.06. The average Bonchev–Trinajstić information content (AvgIpc) is 2.21. The first-order valence-electron chi connectivity index (χ1n) is 4.75. The molecular formula is C12H12FNO. The molecule has 0 saturated carbocycles. The van der Waals surface area contributed by atoms with Crippen LogP contribution in [0, 0.1) is 23.1 Å². The molecular weight excluding hydrogens is 193 g/mol. The van der Waals surface area contributed by atoms with Crippen LogP contribution in [0.3, 0.4) is 0 Å². The van der Waals surface area contributed by atoms with Crippen LogP contribution in [-0.2, 0) is 4.79 Å². The minimum atomic E-state index is -0.786. The van der Waals surface area contributed by atoms with Gasteiger partial charge in [0.2, 0.25) is 0 Å². The summed E-state index contributed by atoms with van der Waals surface area (Å²) in [6.07, 6.45) is 0. The molecule has 0 aromatic heterocycles. The molecule has 2 nitrogen and oxygen atoms in total. The number of nitriles is 1. The van der Waals surface area contributed by atoms with E-state index in [-0.39, 0.29) is 17.5 Å². The van der Waals surface area contributed by atoms with Crippen LogP contribution in [0.15, 0.2) is 24.3 Å². The fraction of sp³-hybridized carbons (Fsp3) is 0.333. The number of halogens is 1. The zero-order chi connectivity index (χ0) is 11.4. The van der Waals surface area contributed by atoms with E-state index in [0.717, 1.165) is 0 Å². The topological polar surface area (TPSA) is 40.9 Å². The van der Waals surface area contributed by atoms with Gasteiger partial charge >= 0.3 is 0 Å². The van der Waals surface area contributed by atoms with Crippen LogP contribution in [0.4, 0.5) is 4.39 Å². The van der Waals surface area contributed by atoms with Gasteiger partial charge in [-0.2, -0.15) is 5.26 Å².